The molecule has 140 valence electrons. The van der Waals surface area contributed by atoms with Crippen LogP contribution in [0.4, 0.5) is 5.69 Å². The van der Waals surface area contributed by atoms with Crippen molar-refractivity contribution in [3.63, 3.8) is 0 Å². The summed E-state index contributed by atoms with van der Waals surface area (Å²) in [5.74, 6) is 0.860. The van der Waals surface area contributed by atoms with E-state index in [1.165, 1.54) is 0 Å². The molecule has 0 saturated carbocycles. The molecule has 0 aromatic heterocycles. The third-order valence-electron chi connectivity index (χ3n) is 4.67. The first-order valence-electron chi connectivity index (χ1n) is 9.06. The van der Waals surface area contributed by atoms with Gasteiger partial charge in [0.15, 0.2) is 0 Å². The molecule has 1 aliphatic rings. The molecular formula is C22H24N2O3. The number of hydrogen-bond donors (Lipinski definition) is 0. The van der Waals surface area contributed by atoms with Crippen molar-refractivity contribution >= 4 is 17.5 Å². The molecule has 0 unspecified atom stereocenters. The fraction of sp³-hybridized carbons (Fsp3) is 0.273. The normalized spacial score (nSPS) is 13.5. The first kappa shape index (κ1) is 18.7. The van der Waals surface area contributed by atoms with Crippen molar-refractivity contribution in [2.75, 3.05) is 25.1 Å². The van der Waals surface area contributed by atoms with Gasteiger partial charge in [-0.1, -0.05) is 18.2 Å². The zero-order valence-electron chi connectivity index (χ0n) is 15.6. The summed E-state index contributed by atoms with van der Waals surface area (Å²) < 4.78 is 5.17. The van der Waals surface area contributed by atoms with Gasteiger partial charge in [0.2, 0.25) is 5.91 Å². The number of amides is 2. The van der Waals surface area contributed by atoms with Crippen molar-refractivity contribution in [3.8, 4) is 5.75 Å². The monoisotopic (exact) mass is 364 g/mol. The maximum atomic E-state index is 12.9. The Hall–Kier alpha value is -3.08. The first-order chi connectivity index (χ1) is 13.1. The Morgan fingerprint density at radius 3 is 2.44 bits per heavy atom. The number of anilines is 1. The zero-order valence-corrected chi connectivity index (χ0v) is 15.6. The summed E-state index contributed by atoms with van der Waals surface area (Å²) in [4.78, 5) is 28.3. The summed E-state index contributed by atoms with van der Waals surface area (Å²) in [7, 11) is 1.63. The van der Waals surface area contributed by atoms with E-state index in [9.17, 15) is 9.59 Å². The quantitative estimate of drug-likeness (QED) is 0.705. The van der Waals surface area contributed by atoms with E-state index in [1.807, 2.05) is 36.4 Å². The van der Waals surface area contributed by atoms with E-state index in [0.29, 0.717) is 25.1 Å². The number of carbonyl (C=O) groups is 2. The molecule has 2 aromatic rings. The smallest absolute Gasteiger partial charge is 0.254 e. The van der Waals surface area contributed by atoms with Crippen LogP contribution in [-0.2, 0) is 11.3 Å². The SMILES string of the molecule is C=CCN(Cc1ccc(OC)cc1)C(=O)c1ccc(N2CCCC2=O)cc1. The Kier molecular flexibility index (Phi) is 5.91. The highest BCUT2D eigenvalue weighted by Gasteiger charge is 2.22. The molecule has 5 heteroatoms. The average molecular weight is 364 g/mol. The third kappa shape index (κ3) is 4.37. The van der Waals surface area contributed by atoms with Gasteiger partial charge in [-0.3, -0.25) is 9.59 Å². The highest BCUT2D eigenvalue weighted by molar-refractivity contribution is 5.97. The third-order valence-corrected chi connectivity index (χ3v) is 4.67. The molecular weight excluding hydrogens is 340 g/mol. The maximum absolute atomic E-state index is 12.9. The van der Waals surface area contributed by atoms with E-state index in [0.717, 1.165) is 30.0 Å². The van der Waals surface area contributed by atoms with Crippen molar-refractivity contribution in [3.05, 3.63) is 72.3 Å². The van der Waals surface area contributed by atoms with Crippen LogP contribution in [0.15, 0.2) is 61.2 Å². The Morgan fingerprint density at radius 1 is 1.19 bits per heavy atom. The number of methoxy groups -OCH3 is 1. The second kappa shape index (κ2) is 8.54. The Balaban J connectivity index is 1.73. The molecule has 3 rings (SSSR count). The van der Waals surface area contributed by atoms with Gasteiger partial charge in [-0.25, -0.2) is 0 Å². The first-order valence-corrected chi connectivity index (χ1v) is 9.06. The molecule has 0 spiro atoms. The average Bonchev–Trinajstić information content (AvgIpc) is 3.13. The molecule has 1 aliphatic heterocycles. The van der Waals surface area contributed by atoms with Crippen LogP contribution in [-0.4, -0.2) is 36.9 Å². The highest BCUT2D eigenvalue weighted by atomic mass is 16.5. The lowest BCUT2D eigenvalue weighted by molar-refractivity contribution is -0.117. The lowest BCUT2D eigenvalue weighted by Crippen LogP contribution is -2.30. The summed E-state index contributed by atoms with van der Waals surface area (Å²) in [5, 5.41) is 0. The summed E-state index contributed by atoms with van der Waals surface area (Å²) in [6.07, 6.45) is 3.20. The minimum absolute atomic E-state index is 0.0648. The van der Waals surface area contributed by atoms with E-state index in [4.69, 9.17) is 4.74 Å². The van der Waals surface area contributed by atoms with E-state index >= 15 is 0 Å². The number of ether oxygens (including phenoxy) is 1. The second-order valence-electron chi connectivity index (χ2n) is 6.52. The fourth-order valence-electron chi connectivity index (χ4n) is 3.21. The molecule has 0 atom stereocenters. The van der Waals surface area contributed by atoms with Gasteiger partial charge in [-0.15, -0.1) is 6.58 Å². The number of carbonyl (C=O) groups excluding carboxylic acids is 2. The van der Waals surface area contributed by atoms with Crippen LogP contribution >= 0.6 is 0 Å². The molecule has 2 aromatic carbocycles. The topological polar surface area (TPSA) is 49.9 Å². The van der Waals surface area contributed by atoms with Gasteiger partial charge >= 0.3 is 0 Å². The summed E-state index contributed by atoms with van der Waals surface area (Å²) >= 11 is 0. The van der Waals surface area contributed by atoms with E-state index in [2.05, 4.69) is 6.58 Å². The van der Waals surface area contributed by atoms with Crippen LogP contribution in [0.5, 0.6) is 5.75 Å². The predicted octanol–water partition coefficient (Wildman–Crippen LogP) is 3.65. The Morgan fingerprint density at radius 2 is 1.89 bits per heavy atom. The molecule has 2 amide bonds. The number of rotatable bonds is 7. The van der Waals surface area contributed by atoms with Gasteiger partial charge in [0.1, 0.15) is 5.75 Å². The molecule has 1 fully saturated rings. The zero-order chi connectivity index (χ0) is 19.2. The molecule has 27 heavy (non-hydrogen) atoms. The lowest BCUT2D eigenvalue weighted by atomic mass is 10.1. The van der Waals surface area contributed by atoms with Gasteiger partial charge in [-0.2, -0.15) is 0 Å². The molecule has 1 saturated heterocycles. The molecule has 0 N–H and O–H groups in total. The van der Waals surface area contributed by atoms with Crippen LogP contribution in [0.1, 0.15) is 28.8 Å². The van der Waals surface area contributed by atoms with E-state index in [-0.39, 0.29) is 11.8 Å². The molecule has 0 radical (unpaired) electrons. The number of hydrogen-bond acceptors (Lipinski definition) is 3. The van der Waals surface area contributed by atoms with Crippen molar-refractivity contribution in [2.24, 2.45) is 0 Å². The molecule has 1 heterocycles. The largest absolute Gasteiger partial charge is 0.497 e. The van der Waals surface area contributed by atoms with Gasteiger partial charge in [0.25, 0.3) is 5.91 Å². The van der Waals surface area contributed by atoms with Gasteiger partial charge in [0.05, 0.1) is 7.11 Å². The summed E-state index contributed by atoms with van der Waals surface area (Å²) in [6, 6.07) is 14.9. The van der Waals surface area contributed by atoms with Gasteiger partial charge in [-0.05, 0) is 48.4 Å². The van der Waals surface area contributed by atoms with Crippen molar-refractivity contribution in [2.45, 2.75) is 19.4 Å². The van der Waals surface area contributed by atoms with Crippen LogP contribution in [0.3, 0.4) is 0 Å². The van der Waals surface area contributed by atoms with Crippen LogP contribution in [0.25, 0.3) is 0 Å². The van der Waals surface area contributed by atoms with Crippen molar-refractivity contribution < 1.29 is 14.3 Å². The minimum Gasteiger partial charge on any atom is -0.497 e. The van der Waals surface area contributed by atoms with Gasteiger partial charge < -0.3 is 14.5 Å². The lowest BCUT2D eigenvalue weighted by Gasteiger charge is -2.22. The van der Waals surface area contributed by atoms with E-state index in [1.54, 1.807) is 35.1 Å². The van der Waals surface area contributed by atoms with Crippen LogP contribution in [0, 0.1) is 0 Å². The highest BCUT2D eigenvalue weighted by Crippen LogP contribution is 2.22. The maximum Gasteiger partial charge on any atom is 0.254 e. The van der Waals surface area contributed by atoms with Gasteiger partial charge in [0, 0.05) is 37.3 Å². The Labute approximate surface area is 159 Å². The fourth-order valence-corrected chi connectivity index (χ4v) is 3.21. The predicted molar refractivity (Wildman–Crippen MR) is 106 cm³/mol. The standard InChI is InChI=1S/C22H24N2O3/c1-3-14-23(16-17-6-12-20(27-2)13-7-17)22(26)18-8-10-19(11-9-18)24-15-4-5-21(24)25/h3,6-13H,1,4-5,14-16H2,2H3. The van der Waals surface area contributed by atoms with Crippen LogP contribution < -0.4 is 9.64 Å². The minimum atomic E-state index is -0.0648. The van der Waals surface area contributed by atoms with E-state index < -0.39 is 0 Å². The van der Waals surface area contributed by atoms with Crippen LogP contribution in [0.2, 0.25) is 0 Å². The Bertz CT molecular complexity index is 812. The molecule has 0 aliphatic carbocycles. The van der Waals surface area contributed by atoms with Crippen molar-refractivity contribution in [1.29, 1.82) is 0 Å². The summed E-state index contributed by atoms with van der Waals surface area (Å²) in [5.41, 5.74) is 2.46. The number of benzene rings is 2. The molecule has 5 nitrogen and oxygen atoms in total. The van der Waals surface area contributed by atoms with Crippen molar-refractivity contribution in [1.82, 2.24) is 4.90 Å². The molecule has 0 bridgehead atoms. The summed E-state index contributed by atoms with van der Waals surface area (Å²) in [6.45, 7) is 5.45. The number of nitrogens with zero attached hydrogens (tertiary/aromatic N) is 2. The second-order valence-corrected chi connectivity index (χ2v) is 6.52.